The molecule has 0 rings (SSSR count). The van der Waals surface area contributed by atoms with E-state index in [1.54, 1.807) is 0 Å². The van der Waals surface area contributed by atoms with E-state index in [9.17, 15) is 0 Å². The molecular formula is C21H46O2Si. The summed E-state index contributed by atoms with van der Waals surface area (Å²) in [5.74, 6) is 0. The molecule has 0 bridgehead atoms. The smallest absolute Gasteiger partial charge is 0.335 e. The molecule has 2 nitrogen and oxygen atoms in total. The lowest BCUT2D eigenvalue weighted by Crippen LogP contribution is -2.49. The monoisotopic (exact) mass is 358 g/mol. The van der Waals surface area contributed by atoms with Gasteiger partial charge in [0.25, 0.3) is 0 Å². The van der Waals surface area contributed by atoms with E-state index in [-0.39, 0.29) is 11.2 Å². The second-order valence-corrected chi connectivity index (χ2v) is 12.7. The van der Waals surface area contributed by atoms with Gasteiger partial charge in [0, 0.05) is 0 Å². The van der Waals surface area contributed by atoms with Crippen molar-refractivity contribution >= 4 is 8.56 Å². The molecule has 0 aliphatic carbocycles. The quantitative estimate of drug-likeness (QED) is 0.249. The van der Waals surface area contributed by atoms with Crippen molar-refractivity contribution in [3.63, 3.8) is 0 Å². The zero-order valence-electron chi connectivity index (χ0n) is 18.1. The third kappa shape index (κ3) is 15.7. The molecule has 0 aliphatic heterocycles. The molecule has 0 atom stereocenters. The molecule has 0 aromatic rings. The van der Waals surface area contributed by atoms with Crippen LogP contribution in [0.2, 0.25) is 12.6 Å². The maximum atomic E-state index is 6.40. The van der Waals surface area contributed by atoms with Crippen LogP contribution in [0.1, 0.15) is 113 Å². The standard InChI is InChI=1S/C21H46O2Si/c1-9-10-11-12-13-14-15-16-17-18-19-24(8,22-20(2,3)4)23-21(5,6)7/h9-19H2,1-8H3. The first kappa shape index (κ1) is 24.1. The number of hydrogen-bond acceptors (Lipinski definition) is 2. The Morgan fingerprint density at radius 3 is 1.25 bits per heavy atom. The Hall–Kier alpha value is 0.137. The molecule has 0 amide bonds. The number of rotatable bonds is 13. The van der Waals surface area contributed by atoms with Gasteiger partial charge in [-0.25, -0.2) is 0 Å². The van der Waals surface area contributed by atoms with E-state index < -0.39 is 8.56 Å². The van der Waals surface area contributed by atoms with Gasteiger partial charge >= 0.3 is 8.56 Å². The minimum Gasteiger partial charge on any atom is -0.389 e. The summed E-state index contributed by atoms with van der Waals surface area (Å²) in [4.78, 5) is 0. The molecule has 0 aromatic carbocycles. The summed E-state index contributed by atoms with van der Waals surface area (Å²) in [5.41, 5.74) is -0.241. The average molecular weight is 359 g/mol. The molecule has 0 heterocycles. The van der Waals surface area contributed by atoms with Crippen molar-refractivity contribution in [3.8, 4) is 0 Å². The maximum absolute atomic E-state index is 6.40. The van der Waals surface area contributed by atoms with E-state index in [4.69, 9.17) is 8.85 Å². The Balaban J connectivity index is 3.99. The van der Waals surface area contributed by atoms with Crippen LogP contribution in [0.3, 0.4) is 0 Å². The Labute approximate surface area is 154 Å². The third-order valence-corrected chi connectivity index (χ3v) is 7.38. The minimum absolute atomic E-state index is 0.120. The highest BCUT2D eigenvalue weighted by Crippen LogP contribution is 2.28. The highest BCUT2D eigenvalue weighted by Gasteiger charge is 2.38. The molecular weight excluding hydrogens is 312 g/mol. The van der Waals surface area contributed by atoms with Crippen molar-refractivity contribution in [2.24, 2.45) is 0 Å². The summed E-state index contributed by atoms with van der Waals surface area (Å²) >= 11 is 0. The van der Waals surface area contributed by atoms with Gasteiger partial charge in [0.05, 0.1) is 11.2 Å². The molecule has 0 radical (unpaired) electrons. The van der Waals surface area contributed by atoms with Gasteiger partial charge in [0.2, 0.25) is 0 Å². The van der Waals surface area contributed by atoms with E-state index in [2.05, 4.69) is 55.0 Å². The van der Waals surface area contributed by atoms with E-state index >= 15 is 0 Å². The fourth-order valence-electron chi connectivity index (χ4n) is 3.35. The highest BCUT2D eigenvalue weighted by molar-refractivity contribution is 6.66. The van der Waals surface area contributed by atoms with Crippen molar-refractivity contribution in [1.29, 1.82) is 0 Å². The molecule has 0 aliphatic rings. The third-order valence-electron chi connectivity index (χ3n) is 4.03. The van der Waals surface area contributed by atoms with Crippen LogP contribution in [0, 0.1) is 0 Å². The lowest BCUT2D eigenvalue weighted by atomic mass is 10.1. The Morgan fingerprint density at radius 1 is 0.583 bits per heavy atom. The van der Waals surface area contributed by atoms with Crippen molar-refractivity contribution in [2.75, 3.05) is 0 Å². The molecule has 0 saturated carbocycles. The van der Waals surface area contributed by atoms with Crippen LogP contribution >= 0.6 is 0 Å². The fourth-order valence-corrected chi connectivity index (χ4v) is 7.08. The van der Waals surface area contributed by atoms with Crippen LogP contribution in [-0.2, 0) is 8.85 Å². The summed E-state index contributed by atoms with van der Waals surface area (Å²) in [7, 11) is -2.11. The van der Waals surface area contributed by atoms with Gasteiger partial charge in [-0.3, -0.25) is 0 Å². The Morgan fingerprint density at radius 2 is 0.917 bits per heavy atom. The fraction of sp³-hybridized carbons (Fsp3) is 1.00. The lowest BCUT2D eigenvalue weighted by Gasteiger charge is -2.39. The first-order valence-electron chi connectivity index (χ1n) is 10.4. The molecule has 0 spiro atoms. The summed E-state index contributed by atoms with van der Waals surface area (Å²) in [6.45, 7) is 17.4. The molecule has 3 heteroatoms. The van der Waals surface area contributed by atoms with Crippen LogP contribution in [0.15, 0.2) is 0 Å². The van der Waals surface area contributed by atoms with E-state index in [0.29, 0.717) is 0 Å². The predicted molar refractivity (Wildman–Crippen MR) is 110 cm³/mol. The average Bonchev–Trinajstić information content (AvgIpc) is 2.36. The topological polar surface area (TPSA) is 18.5 Å². The summed E-state index contributed by atoms with van der Waals surface area (Å²) in [6.07, 6.45) is 13.8. The van der Waals surface area contributed by atoms with Gasteiger partial charge in [-0.05, 0) is 54.1 Å². The SMILES string of the molecule is CCCCCCCCCCCC[Si](C)(OC(C)(C)C)OC(C)(C)C. The zero-order valence-corrected chi connectivity index (χ0v) is 19.1. The molecule has 0 aromatic heterocycles. The normalized spacial score (nSPS) is 13.5. The van der Waals surface area contributed by atoms with Crippen LogP contribution in [0.4, 0.5) is 0 Å². The second-order valence-electron chi connectivity index (χ2n) is 9.49. The van der Waals surface area contributed by atoms with Crippen molar-refractivity contribution in [2.45, 2.75) is 136 Å². The summed E-state index contributed by atoms with van der Waals surface area (Å²) < 4.78 is 12.8. The van der Waals surface area contributed by atoms with Crippen molar-refractivity contribution in [1.82, 2.24) is 0 Å². The summed E-state index contributed by atoms with van der Waals surface area (Å²) in [5, 5.41) is 0. The Kier molecular flexibility index (Phi) is 11.8. The van der Waals surface area contributed by atoms with Gasteiger partial charge in [-0.15, -0.1) is 0 Å². The maximum Gasteiger partial charge on any atom is 0.335 e. The molecule has 0 saturated heterocycles. The first-order chi connectivity index (χ1) is 11.0. The van der Waals surface area contributed by atoms with Crippen LogP contribution in [0.25, 0.3) is 0 Å². The largest absolute Gasteiger partial charge is 0.389 e. The van der Waals surface area contributed by atoms with Gasteiger partial charge in [-0.2, -0.15) is 0 Å². The predicted octanol–water partition coefficient (Wildman–Crippen LogP) is 7.61. The van der Waals surface area contributed by atoms with Gasteiger partial charge in [0.1, 0.15) is 0 Å². The van der Waals surface area contributed by atoms with Gasteiger partial charge in [0.15, 0.2) is 0 Å². The van der Waals surface area contributed by atoms with Gasteiger partial charge in [-0.1, -0.05) is 71.1 Å². The van der Waals surface area contributed by atoms with E-state index in [0.717, 1.165) is 6.04 Å². The lowest BCUT2D eigenvalue weighted by molar-refractivity contribution is 0.0173. The summed E-state index contributed by atoms with van der Waals surface area (Å²) in [6, 6.07) is 1.11. The van der Waals surface area contributed by atoms with Crippen molar-refractivity contribution in [3.05, 3.63) is 0 Å². The molecule has 0 fully saturated rings. The van der Waals surface area contributed by atoms with Crippen LogP contribution < -0.4 is 0 Å². The number of hydrogen-bond donors (Lipinski definition) is 0. The molecule has 0 unspecified atom stereocenters. The van der Waals surface area contributed by atoms with Crippen LogP contribution in [0.5, 0.6) is 0 Å². The highest BCUT2D eigenvalue weighted by atomic mass is 28.4. The van der Waals surface area contributed by atoms with E-state index in [1.165, 1.54) is 64.2 Å². The van der Waals surface area contributed by atoms with Crippen molar-refractivity contribution < 1.29 is 8.85 Å². The first-order valence-corrected chi connectivity index (χ1v) is 12.9. The second kappa shape index (κ2) is 11.7. The Bertz CT molecular complexity index is 286. The minimum atomic E-state index is -2.11. The van der Waals surface area contributed by atoms with E-state index in [1.807, 2.05) is 0 Å². The van der Waals surface area contributed by atoms with Gasteiger partial charge < -0.3 is 8.85 Å². The zero-order chi connectivity index (χ0) is 18.7. The molecule has 0 N–H and O–H groups in total. The molecule has 24 heavy (non-hydrogen) atoms. The number of unbranched alkanes of at least 4 members (excludes halogenated alkanes) is 9. The van der Waals surface area contributed by atoms with Crippen LogP contribution in [-0.4, -0.2) is 19.8 Å². The molecule has 146 valence electrons.